The number of quaternary nitrogens is 1. The molecule has 0 spiro atoms. The number of aliphatic hydroxyl groups excluding tert-OH is 2. The maximum Gasteiger partial charge on any atom is 0.167 e. The Labute approximate surface area is 147 Å². The number of hydrogen-bond donors (Lipinski definition) is 4. The van der Waals surface area contributed by atoms with Gasteiger partial charge in [0.25, 0.3) is 0 Å². The summed E-state index contributed by atoms with van der Waals surface area (Å²) in [5, 5.41) is 31.4. The van der Waals surface area contributed by atoms with Crippen molar-refractivity contribution >= 4 is 35.1 Å². The van der Waals surface area contributed by atoms with Crippen LogP contribution in [0, 0.1) is 0 Å². The molecule has 25 heavy (non-hydrogen) atoms. The van der Waals surface area contributed by atoms with Crippen LogP contribution < -0.4 is 16.2 Å². The molecule has 2 aromatic heterocycles. The molecule has 3 heterocycles. The predicted molar refractivity (Wildman–Crippen MR) is 84.3 cm³/mol. The molecular weight excluding hydrogens is 356 g/mol. The number of imidazole rings is 1. The van der Waals surface area contributed by atoms with Crippen molar-refractivity contribution in [2.24, 2.45) is 0 Å². The lowest BCUT2D eigenvalue weighted by atomic mass is 10.1. The van der Waals surface area contributed by atoms with Gasteiger partial charge in [-0.15, -0.1) is 11.6 Å². The van der Waals surface area contributed by atoms with Gasteiger partial charge in [-0.3, -0.25) is 4.57 Å². The van der Waals surface area contributed by atoms with Crippen molar-refractivity contribution in [3.8, 4) is 0 Å². The lowest BCUT2D eigenvalue weighted by Crippen LogP contribution is -2.53. The van der Waals surface area contributed by atoms with E-state index in [4.69, 9.17) is 26.2 Å². The average molecular weight is 375 g/mol. The van der Waals surface area contributed by atoms with E-state index in [1.165, 1.54) is 12.7 Å². The number of alkyl halides is 1. The third kappa shape index (κ3) is 3.96. The highest BCUT2D eigenvalue weighted by molar-refractivity contribution is 6.18. The van der Waals surface area contributed by atoms with Gasteiger partial charge in [-0.2, -0.15) is 0 Å². The average Bonchev–Trinajstić information content (AvgIpc) is 3.16. The maximum atomic E-state index is 10.2. The van der Waals surface area contributed by atoms with Crippen LogP contribution in [0.2, 0.25) is 0 Å². The fourth-order valence-electron chi connectivity index (χ4n) is 2.46. The number of halogens is 1. The largest absolute Gasteiger partial charge is 0.554 e. The van der Waals surface area contributed by atoms with Crippen LogP contribution in [0.15, 0.2) is 12.7 Å². The van der Waals surface area contributed by atoms with E-state index in [9.17, 15) is 10.2 Å². The van der Waals surface area contributed by atoms with E-state index in [1.807, 2.05) is 0 Å². The molecule has 138 valence electrons. The summed E-state index contributed by atoms with van der Waals surface area (Å²) in [6, 6.07) is 0. The quantitative estimate of drug-likeness (QED) is 0.309. The molecule has 0 bridgehead atoms. The van der Waals surface area contributed by atoms with Gasteiger partial charge in [0.05, 0.1) is 25.3 Å². The summed E-state index contributed by atoms with van der Waals surface area (Å²) in [4.78, 5) is 20.9. The van der Waals surface area contributed by atoms with Crippen molar-refractivity contribution in [2.45, 2.75) is 24.5 Å². The third-order valence-corrected chi connectivity index (χ3v) is 3.90. The van der Waals surface area contributed by atoms with Crippen LogP contribution in [0.1, 0.15) is 6.23 Å². The third-order valence-electron chi connectivity index (χ3n) is 3.59. The number of fused-ring (bicyclic) bond motifs is 1. The number of ether oxygens (including phenoxy) is 1. The number of anilines is 1. The Bertz CT molecular complexity index is 701. The fraction of sp³-hybridized carbons (Fsp3) is 0.538. The number of carbonyl (C=O) groups excluding carboxylic acids is 1. The molecule has 1 saturated heterocycles. The van der Waals surface area contributed by atoms with Crippen LogP contribution in [-0.4, -0.2) is 73.5 Å². The number of nitrogens with one attached hydrogen (secondary N) is 1. The molecule has 0 aromatic carbocycles. The van der Waals surface area contributed by atoms with Gasteiger partial charge in [-0.05, 0) is 0 Å². The first kappa shape index (κ1) is 19.3. The van der Waals surface area contributed by atoms with E-state index in [1.54, 1.807) is 4.57 Å². The number of aliphatic hydroxyl groups is 2. The van der Waals surface area contributed by atoms with Crippen molar-refractivity contribution < 1.29 is 30.6 Å². The summed E-state index contributed by atoms with van der Waals surface area (Å²) in [6.07, 6.45) is -0.670. The Morgan fingerprint density at radius 1 is 1.40 bits per heavy atom. The van der Waals surface area contributed by atoms with Gasteiger partial charge < -0.3 is 35.9 Å². The van der Waals surface area contributed by atoms with Gasteiger partial charge in [-0.25, -0.2) is 15.0 Å². The molecule has 1 aliphatic rings. The van der Waals surface area contributed by atoms with Gasteiger partial charge in [0.15, 0.2) is 23.2 Å². The standard InChI is InChI=1S/C12H17ClN6O3.CH2O2/c13-3-6-8(20)9(21)12(22-6)19-5-18-7-10(15-2-1-14)16-4-17-11(7)19;2-1-3/h4-6,8-9,12,20-21H,1-3,14H2,(H,15,16,17);1H,(H,2,3)/t6-,8-,9-,12-;/m1./s1. The molecule has 3 rings (SSSR count). The highest BCUT2D eigenvalue weighted by atomic mass is 35.5. The molecule has 2 aromatic rings. The Morgan fingerprint density at radius 3 is 2.72 bits per heavy atom. The lowest BCUT2D eigenvalue weighted by Gasteiger charge is -2.16. The second-order valence-corrected chi connectivity index (χ2v) is 5.43. The van der Waals surface area contributed by atoms with Crippen LogP contribution in [0.4, 0.5) is 5.82 Å². The first-order valence-corrected chi connectivity index (χ1v) is 7.96. The van der Waals surface area contributed by atoms with Crippen molar-refractivity contribution in [2.75, 3.05) is 24.3 Å². The summed E-state index contributed by atoms with van der Waals surface area (Å²) in [5.74, 6) is 0.682. The molecule has 1 fully saturated rings. The number of aromatic nitrogens is 4. The predicted octanol–water partition coefficient (Wildman–Crippen LogP) is -3.30. The van der Waals surface area contributed by atoms with Gasteiger partial charge in [0.2, 0.25) is 0 Å². The molecular formula is C13H19ClN6O5. The highest BCUT2D eigenvalue weighted by Gasteiger charge is 2.43. The molecule has 12 heteroatoms. The lowest BCUT2D eigenvalue weighted by molar-refractivity contribution is -0.362. The zero-order valence-corrected chi connectivity index (χ0v) is 13.9. The van der Waals surface area contributed by atoms with E-state index in [0.29, 0.717) is 30.1 Å². The molecule has 0 saturated carbocycles. The molecule has 0 radical (unpaired) electrons. The Morgan fingerprint density at radius 2 is 2.12 bits per heavy atom. The summed E-state index contributed by atoms with van der Waals surface area (Å²) in [6.45, 7) is 0.870. The second kappa shape index (κ2) is 8.87. The zero-order chi connectivity index (χ0) is 18.4. The number of rotatable bonds is 5. The zero-order valence-electron chi connectivity index (χ0n) is 13.2. The number of nitrogens with zero attached hydrogens (tertiary/aromatic N) is 4. The van der Waals surface area contributed by atoms with Crippen molar-refractivity contribution in [3.63, 3.8) is 0 Å². The van der Waals surface area contributed by atoms with Crippen molar-refractivity contribution in [3.05, 3.63) is 12.7 Å². The Kier molecular flexibility index (Phi) is 6.84. The van der Waals surface area contributed by atoms with E-state index in [0.717, 1.165) is 0 Å². The number of carbonyl (C=O) groups is 1. The van der Waals surface area contributed by atoms with Crippen LogP contribution in [0.5, 0.6) is 0 Å². The Hall–Kier alpha value is -2.05. The van der Waals surface area contributed by atoms with Crippen LogP contribution in [0.3, 0.4) is 0 Å². The monoisotopic (exact) mass is 374 g/mol. The Balaban J connectivity index is 0.000000701. The SMILES string of the molecule is O=C[O-].[NH3+]CCNc1ncnc2c1ncn2[C@@H]1O[C@H](CCl)[C@@H](O)[C@H]1O. The summed E-state index contributed by atoms with van der Waals surface area (Å²) < 4.78 is 7.19. The number of hydrogen-bond acceptors (Lipinski definition) is 9. The van der Waals surface area contributed by atoms with Gasteiger partial charge in [0.1, 0.15) is 24.6 Å². The first-order chi connectivity index (χ1) is 12.1. The maximum absolute atomic E-state index is 10.2. The normalized spacial score (nSPS) is 25.4. The highest BCUT2D eigenvalue weighted by Crippen LogP contribution is 2.32. The van der Waals surface area contributed by atoms with Gasteiger partial charge in [0, 0.05) is 6.47 Å². The topological polar surface area (TPSA) is 173 Å². The number of carboxylic acid groups (broad SMARTS) is 1. The van der Waals surface area contributed by atoms with E-state index >= 15 is 0 Å². The molecule has 4 atom stereocenters. The van der Waals surface area contributed by atoms with Crippen LogP contribution in [0.25, 0.3) is 11.2 Å². The second-order valence-electron chi connectivity index (χ2n) is 5.12. The minimum atomic E-state index is -1.10. The first-order valence-electron chi connectivity index (χ1n) is 7.42. The van der Waals surface area contributed by atoms with E-state index in [-0.39, 0.29) is 5.88 Å². The molecule has 0 aliphatic carbocycles. The molecule has 6 N–H and O–H groups in total. The van der Waals surface area contributed by atoms with Crippen molar-refractivity contribution in [1.29, 1.82) is 0 Å². The summed E-state index contributed by atoms with van der Waals surface area (Å²) >= 11 is 5.73. The van der Waals surface area contributed by atoms with E-state index < -0.39 is 31.0 Å². The minimum absolute atomic E-state index is 0.0899. The van der Waals surface area contributed by atoms with Crippen LogP contribution in [-0.2, 0) is 9.53 Å². The smallest absolute Gasteiger partial charge is 0.167 e. The van der Waals surface area contributed by atoms with E-state index in [2.05, 4.69) is 26.0 Å². The summed E-state index contributed by atoms with van der Waals surface area (Å²) in [7, 11) is 0. The van der Waals surface area contributed by atoms with Crippen LogP contribution >= 0.6 is 11.6 Å². The van der Waals surface area contributed by atoms with Gasteiger partial charge >= 0.3 is 0 Å². The summed E-state index contributed by atoms with van der Waals surface area (Å²) in [5.41, 5.74) is 4.83. The van der Waals surface area contributed by atoms with Crippen molar-refractivity contribution in [1.82, 2.24) is 19.5 Å². The molecule has 1 aliphatic heterocycles. The fourth-order valence-corrected chi connectivity index (χ4v) is 2.72. The molecule has 0 amide bonds. The molecule has 11 nitrogen and oxygen atoms in total. The molecule has 0 unspecified atom stereocenters. The van der Waals surface area contributed by atoms with Gasteiger partial charge in [-0.1, -0.05) is 0 Å². The minimum Gasteiger partial charge on any atom is -0.554 e.